The second kappa shape index (κ2) is 6.36. The zero-order valence-electron chi connectivity index (χ0n) is 14.7. The lowest BCUT2D eigenvalue weighted by Crippen LogP contribution is -2.50. The molecule has 0 N–H and O–H groups in total. The average Bonchev–Trinajstić information content (AvgIpc) is 2.86. The lowest BCUT2D eigenvalue weighted by molar-refractivity contribution is 0.0500. The lowest BCUT2D eigenvalue weighted by atomic mass is 9.91. The lowest BCUT2D eigenvalue weighted by Gasteiger charge is -2.39. The number of carbonyl (C=O) groups is 1. The monoisotopic (exact) mass is 389 g/mol. The van der Waals surface area contributed by atoms with Crippen LogP contribution in [0.1, 0.15) is 42.3 Å². The maximum Gasteiger partial charge on any atom is 0.258 e. The minimum absolute atomic E-state index is 0.0672. The highest BCUT2D eigenvalue weighted by atomic mass is 79.9. The van der Waals surface area contributed by atoms with Gasteiger partial charge in [0.2, 0.25) is 0 Å². The Morgan fingerprint density at radius 1 is 1.25 bits per heavy atom. The Hall–Kier alpha value is -1.62. The third-order valence-corrected chi connectivity index (χ3v) is 5.06. The molecule has 0 atom stereocenters. The van der Waals surface area contributed by atoms with Crippen molar-refractivity contribution >= 4 is 21.8 Å². The van der Waals surface area contributed by atoms with Gasteiger partial charge in [-0.15, -0.1) is 0 Å². The van der Waals surface area contributed by atoms with Crippen LogP contribution in [0.25, 0.3) is 0 Å². The largest absolute Gasteiger partial charge is 0.338 e. The summed E-state index contributed by atoms with van der Waals surface area (Å²) in [5.41, 5.74) is 3.15. The molecule has 0 spiro atoms. The quantitative estimate of drug-likeness (QED) is 0.794. The van der Waals surface area contributed by atoms with Gasteiger partial charge in [-0.1, -0.05) is 29.8 Å². The summed E-state index contributed by atoms with van der Waals surface area (Å²) in [6.07, 6.45) is 2.88. The molecule has 0 radical (unpaired) electrons. The van der Waals surface area contributed by atoms with Gasteiger partial charge in [0.25, 0.3) is 5.91 Å². The van der Waals surface area contributed by atoms with E-state index in [2.05, 4.69) is 73.0 Å². The summed E-state index contributed by atoms with van der Waals surface area (Å²) in [4.78, 5) is 14.6. The maximum absolute atomic E-state index is 12.7. The SMILES string of the molecule is Cc1ccc(CC2CN(C(=O)c3cn(C(C)(C)C)nc3Br)C2)cc1. The highest BCUT2D eigenvalue weighted by Gasteiger charge is 2.33. The van der Waals surface area contributed by atoms with Crippen molar-refractivity contribution in [1.82, 2.24) is 14.7 Å². The van der Waals surface area contributed by atoms with Gasteiger partial charge in [-0.25, -0.2) is 0 Å². The third kappa shape index (κ3) is 3.56. The predicted molar refractivity (Wildman–Crippen MR) is 99.2 cm³/mol. The standard InChI is InChI=1S/C19H24BrN3O/c1-13-5-7-14(8-6-13)9-15-10-22(11-15)18(24)16-12-23(19(2,3)4)21-17(16)20/h5-8,12,15H,9-11H2,1-4H3. The summed E-state index contributed by atoms with van der Waals surface area (Å²) < 4.78 is 2.47. The van der Waals surface area contributed by atoms with E-state index in [9.17, 15) is 4.79 Å². The molecule has 3 rings (SSSR count). The first-order valence-electron chi connectivity index (χ1n) is 8.34. The Morgan fingerprint density at radius 2 is 1.88 bits per heavy atom. The number of hydrogen-bond donors (Lipinski definition) is 0. The van der Waals surface area contributed by atoms with Crippen molar-refractivity contribution < 1.29 is 4.79 Å². The molecule has 0 bridgehead atoms. The first-order chi connectivity index (χ1) is 11.2. The Labute approximate surface area is 152 Å². The fraction of sp³-hybridized carbons (Fsp3) is 0.474. The van der Waals surface area contributed by atoms with E-state index >= 15 is 0 Å². The number of rotatable bonds is 3. The van der Waals surface area contributed by atoms with Crippen molar-refractivity contribution in [3.05, 3.63) is 51.8 Å². The molecule has 1 aliphatic rings. The van der Waals surface area contributed by atoms with E-state index in [-0.39, 0.29) is 11.4 Å². The minimum Gasteiger partial charge on any atom is -0.338 e. The molecule has 128 valence electrons. The molecule has 1 amide bonds. The van der Waals surface area contributed by atoms with Gasteiger partial charge in [0.15, 0.2) is 0 Å². The van der Waals surface area contributed by atoms with Crippen LogP contribution in [-0.4, -0.2) is 33.7 Å². The average molecular weight is 390 g/mol. The van der Waals surface area contributed by atoms with Crippen molar-refractivity contribution in [2.45, 2.75) is 39.7 Å². The molecule has 1 aliphatic heterocycles. The maximum atomic E-state index is 12.7. The van der Waals surface area contributed by atoms with Crippen LogP contribution >= 0.6 is 15.9 Å². The fourth-order valence-electron chi connectivity index (χ4n) is 2.93. The molecule has 0 saturated carbocycles. The Kier molecular flexibility index (Phi) is 4.56. The number of amides is 1. The molecule has 4 nitrogen and oxygen atoms in total. The van der Waals surface area contributed by atoms with E-state index in [4.69, 9.17) is 0 Å². The smallest absolute Gasteiger partial charge is 0.258 e. The molecule has 24 heavy (non-hydrogen) atoms. The van der Waals surface area contributed by atoms with Crippen LogP contribution in [0.15, 0.2) is 35.1 Å². The van der Waals surface area contributed by atoms with Gasteiger partial charge in [-0.2, -0.15) is 5.10 Å². The number of halogens is 1. The van der Waals surface area contributed by atoms with Crippen molar-refractivity contribution in [3.63, 3.8) is 0 Å². The van der Waals surface area contributed by atoms with Gasteiger partial charge >= 0.3 is 0 Å². The predicted octanol–water partition coefficient (Wildman–Crippen LogP) is 4.02. The minimum atomic E-state index is -0.135. The third-order valence-electron chi connectivity index (χ3n) is 4.48. The molecule has 1 aromatic carbocycles. The van der Waals surface area contributed by atoms with E-state index in [1.807, 2.05) is 15.8 Å². The molecular weight excluding hydrogens is 366 g/mol. The molecule has 1 fully saturated rings. The zero-order valence-corrected chi connectivity index (χ0v) is 16.3. The van der Waals surface area contributed by atoms with Gasteiger partial charge in [0.1, 0.15) is 4.60 Å². The first kappa shape index (κ1) is 17.2. The van der Waals surface area contributed by atoms with Crippen LogP contribution in [0.2, 0.25) is 0 Å². The summed E-state index contributed by atoms with van der Waals surface area (Å²) in [6, 6.07) is 8.66. The molecule has 0 aliphatic carbocycles. The molecule has 2 heterocycles. The molecule has 1 aromatic heterocycles. The highest BCUT2D eigenvalue weighted by molar-refractivity contribution is 9.10. The summed E-state index contributed by atoms with van der Waals surface area (Å²) in [6.45, 7) is 9.95. The molecule has 0 unspecified atom stereocenters. The van der Waals surface area contributed by atoms with E-state index in [1.54, 1.807) is 0 Å². The summed E-state index contributed by atoms with van der Waals surface area (Å²) in [7, 11) is 0. The van der Waals surface area contributed by atoms with Crippen LogP contribution in [0.5, 0.6) is 0 Å². The second-order valence-electron chi connectivity index (χ2n) is 7.71. The van der Waals surface area contributed by atoms with Crippen LogP contribution in [0.3, 0.4) is 0 Å². The van der Waals surface area contributed by atoms with Gasteiger partial charge in [0, 0.05) is 19.3 Å². The normalized spacial score (nSPS) is 15.5. The van der Waals surface area contributed by atoms with Crippen LogP contribution in [0.4, 0.5) is 0 Å². The van der Waals surface area contributed by atoms with Crippen LogP contribution in [-0.2, 0) is 12.0 Å². The van der Waals surface area contributed by atoms with E-state index in [0.717, 1.165) is 19.5 Å². The number of nitrogens with zero attached hydrogens (tertiary/aromatic N) is 3. The Balaban J connectivity index is 1.60. The number of benzene rings is 1. The number of carbonyl (C=O) groups excluding carboxylic acids is 1. The molecule has 1 saturated heterocycles. The number of hydrogen-bond acceptors (Lipinski definition) is 2. The summed E-state index contributed by atoms with van der Waals surface area (Å²) in [5, 5.41) is 4.42. The van der Waals surface area contributed by atoms with Gasteiger partial charge in [-0.3, -0.25) is 9.48 Å². The van der Waals surface area contributed by atoms with Crippen molar-refractivity contribution in [1.29, 1.82) is 0 Å². The van der Waals surface area contributed by atoms with Gasteiger partial charge < -0.3 is 4.90 Å². The highest BCUT2D eigenvalue weighted by Crippen LogP contribution is 2.26. The van der Waals surface area contributed by atoms with Crippen LogP contribution in [0, 0.1) is 12.8 Å². The van der Waals surface area contributed by atoms with E-state index in [1.165, 1.54) is 11.1 Å². The fourth-order valence-corrected chi connectivity index (χ4v) is 3.38. The topological polar surface area (TPSA) is 38.1 Å². The van der Waals surface area contributed by atoms with Gasteiger partial charge in [0.05, 0.1) is 11.1 Å². The Morgan fingerprint density at radius 3 is 2.42 bits per heavy atom. The van der Waals surface area contributed by atoms with Crippen molar-refractivity contribution in [2.75, 3.05) is 13.1 Å². The first-order valence-corrected chi connectivity index (χ1v) is 9.14. The van der Waals surface area contributed by atoms with Crippen LogP contribution < -0.4 is 0 Å². The summed E-state index contributed by atoms with van der Waals surface area (Å²) >= 11 is 3.43. The molecule has 5 heteroatoms. The van der Waals surface area contributed by atoms with Crippen molar-refractivity contribution in [2.24, 2.45) is 5.92 Å². The number of aromatic nitrogens is 2. The summed E-state index contributed by atoms with van der Waals surface area (Å²) in [5.74, 6) is 0.616. The molecular formula is C19H24BrN3O. The van der Waals surface area contributed by atoms with E-state index < -0.39 is 0 Å². The molecule has 2 aromatic rings. The second-order valence-corrected chi connectivity index (χ2v) is 8.47. The Bertz CT molecular complexity index is 737. The number of aryl methyl sites for hydroxylation is 1. The zero-order chi connectivity index (χ0) is 17.5. The number of likely N-dealkylation sites (tertiary alicyclic amines) is 1. The van der Waals surface area contributed by atoms with E-state index in [0.29, 0.717) is 16.1 Å². The van der Waals surface area contributed by atoms with Gasteiger partial charge in [-0.05, 0) is 61.5 Å². The van der Waals surface area contributed by atoms with Crippen molar-refractivity contribution in [3.8, 4) is 0 Å².